The predicted molar refractivity (Wildman–Crippen MR) is 74.0 cm³/mol. The Kier molecular flexibility index (Phi) is 3.28. The van der Waals surface area contributed by atoms with Crippen molar-refractivity contribution in [3.63, 3.8) is 0 Å². The SMILES string of the molecule is Cn1cnc2c1CCN(C(=O)c1ccc(CO)cc1)C2. The highest BCUT2D eigenvalue weighted by atomic mass is 16.3. The van der Waals surface area contributed by atoms with Gasteiger partial charge in [-0.15, -0.1) is 0 Å². The molecule has 0 fully saturated rings. The van der Waals surface area contributed by atoms with Gasteiger partial charge in [0.2, 0.25) is 0 Å². The summed E-state index contributed by atoms with van der Waals surface area (Å²) >= 11 is 0. The molecule has 1 N–H and O–H groups in total. The Morgan fingerprint density at radius 2 is 2.10 bits per heavy atom. The summed E-state index contributed by atoms with van der Waals surface area (Å²) in [5.74, 6) is 0.0193. The molecule has 1 aliphatic rings. The molecule has 0 spiro atoms. The highest BCUT2D eigenvalue weighted by molar-refractivity contribution is 5.94. The summed E-state index contributed by atoms with van der Waals surface area (Å²) in [6.07, 6.45) is 2.64. The van der Waals surface area contributed by atoms with Crippen LogP contribution < -0.4 is 0 Å². The highest BCUT2D eigenvalue weighted by Gasteiger charge is 2.24. The number of nitrogens with zero attached hydrogens (tertiary/aromatic N) is 3. The zero-order valence-electron chi connectivity index (χ0n) is 11.4. The number of rotatable bonds is 2. The van der Waals surface area contributed by atoms with Gasteiger partial charge in [0.15, 0.2) is 0 Å². The standard InChI is InChI=1S/C15H17N3O2/c1-17-10-16-13-8-18(7-6-14(13)17)15(20)12-4-2-11(9-19)3-5-12/h2-5,10,19H,6-9H2,1H3. The van der Waals surface area contributed by atoms with E-state index in [1.165, 1.54) is 5.69 Å². The molecule has 0 radical (unpaired) electrons. The fourth-order valence-electron chi connectivity index (χ4n) is 2.57. The number of aromatic nitrogens is 2. The van der Waals surface area contributed by atoms with E-state index in [0.29, 0.717) is 18.7 Å². The normalized spacial score (nSPS) is 14.2. The average Bonchev–Trinajstić information content (AvgIpc) is 2.87. The maximum Gasteiger partial charge on any atom is 0.254 e. The van der Waals surface area contributed by atoms with Crippen molar-refractivity contribution in [2.45, 2.75) is 19.6 Å². The number of hydrogen-bond acceptors (Lipinski definition) is 3. The summed E-state index contributed by atoms with van der Waals surface area (Å²) < 4.78 is 2.02. The zero-order valence-corrected chi connectivity index (χ0v) is 11.4. The molecule has 2 aromatic rings. The predicted octanol–water partition coefficient (Wildman–Crippen LogP) is 1.11. The number of aliphatic hydroxyl groups is 1. The summed E-state index contributed by atoms with van der Waals surface area (Å²) in [6, 6.07) is 7.09. The molecule has 104 valence electrons. The maximum absolute atomic E-state index is 12.4. The summed E-state index contributed by atoms with van der Waals surface area (Å²) in [5.41, 5.74) is 3.66. The van der Waals surface area contributed by atoms with E-state index in [-0.39, 0.29) is 12.5 Å². The molecule has 1 aliphatic heterocycles. The first-order valence-corrected chi connectivity index (χ1v) is 6.67. The first-order chi connectivity index (χ1) is 9.69. The smallest absolute Gasteiger partial charge is 0.254 e. The van der Waals surface area contributed by atoms with E-state index in [9.17, 15) is 4.79 Å². The fourth-order valence-corrected chi connectivity index (χ4v) is 2.57. The molecule has 0 aliphatic carbocycles. The molecule has 0 unspecified atom stereocenters. The molecule has 0 saturated heterocycles. The molecular weight excluding hydrogens is 254 g/mol. The third-order valence-electron chi connectivity index (χ3n) is 3.78. The Labute approximate surface area is 117 Å². The molecule has 1 amide bonds. The van der Waals surface area contributed by atoms with E-state index < -0.39 is 0 Å². The van der Waals surface area contributed by atoms with Crippen molar-refractivity contribution in [2.24, 2.45) is 7.05 Å². The van der Waals surface area contributed by atoms with Gasteiger partial charge in [0.25, 0.3) is 5.91 Å². The van der Waals surface area contributed by atoms with E-state index >= 15 is 0 Å². The monoisotopic (exact) mass is 271 g/mol. The molecule has 3 rings (SSSR count). The molecule has 0 saturated carbocycles. The third-order valence-corrected chi connectivity index (χ3v) is 3.78. The number of amides is 1. The second-order valence-corrected chi connectivity index (χ2v) is 5.08. The van der Waals surface area contributed by atoms with Crippen LogP contribution in [0.2, 0.25) is 0 Å². The van der Waals surface area contributed by atoms with Crippen molar-refractivity contribution in [1.82, 2.24) is 14.5 Å². The summed E-state index contributed by atoms with van der Waals surface area (Å²) in [7, 11) is 1.98. The Bertz CT molecular complexity index is 631. The van der Waals surface area contributed by atoms with Crippen molar-refractivity contribution in [3.8, 4) is 0 Å². The van der Waals surface area contributed by atoms with Crippen molar-refractivity contribution in [3.05, 3.63) is 53.1 Å². The summed E-state index contributed by atoms with van der Waals surface area (Å²) in [5, 5.41) is 9.02. The molecule has 0 atom stereocenters. The Morgan fingerprint density at radius 3 is 2.80 bits per heavy atom. The molecule has 0 bridgehead atoms. The summed E-state index contributed by atoms with van der Waals surface area (Å²) in [4.78, 5) is 18.6. The first-order valence-electron chi connectivity index (χ1n) is 6.67. The van der Waals surface area contributed by atoms with Gasteiger partial charge >= 0.3 is 0 Å². The van der Waals surface area contributed by atoms with E-state index in [0.717, 1.165) is 17.7 Å². The number of aliphatic hydroxyl groups excluding tert-OH is 1. The summed E-state index contributed by atoms with van der Waals surface area (Å²) in [6.45, 7) is 1.28. The number of imidazole rings is 1. The van der Waals surface area contributed by atoms with Gasteiger partial charge in [0.05, 0.1) is 25.2 Å². The topological polar surface area (TPSA) is 58.4 Å². The number of aryl methyl sites for hydroxylation is 1. The van der Waals surface area contributed by atoms with Gasteiger partial charge in [0.1, 0.15) is 0 Å². The molecule has 1 aromatic heterocycles. The van der Waals surface area contributed by atoms with Gasteiger partial charge in [-0.2, -0.15) is 0 Å². The lowest BCUT2D eigenvalue weighted by Crippen LogP contribution is -2.36. The lowest BCUT2D eigenvalue weighted by Gasteiger charge is -2.27. The molecule has 20 heavy (non-hydrogen) atoms. The van der Waals surface area contributed by atoms with Crippen LogP contribution in [0.5, 0.6) is 0 Å². The van der Waals surface area contributed by atoms with Gasteiger partial charge in [-0.3, -0.25) is 4.79 Å². The molecule has 5 nitrogen and oxygen atoms in total. The number of hydrogen-bond donors (Lipinski definition) is 1. The Balaban J connectivity index is 1.78. The third kappa shape index (κ3) is 2.20. The number of carbonyl (C=O) groups is 1. The molecule has 5 heteroatoms. The van der Waals surface area contributed by atoms with Crippen LogP contribution in [-0.2, 0) is 26.6 Å². The van der Waals surface area contributed by atoms with Crippen molar-refractivity contribution >= 4 is 5.91 Å². The number of fused-ring (bicyclic) bond motifs is 1. The van der Waals surface area contributed by atoms with E-state index in [2.05, 4.69) is 4.98 Å². The van der Waals surface area contributed by atoms with E-state index in [4.69, 9.17) is 5.11 Å². The van der Waals surface area contributed by atoms with E-state index in [1.54, 1.807) is 30.6 Å². The van der Waals surface area contributed by atoms with Crippen LogP contribution in [0.15, 0.2) is 30.6 Å². The Morgan fingerprint density at radius 1 is 1.35 bits per heavy atom. The minimum absolute atomic E-state index is 0.00448. The maximum atomic E-state index is 12.4. The number of benzene rings is 1. The lowest BCUT2D eigenvalue weighted by atomic mass is 10.1. The highest BCUT2D eigenvalue weighted by Crippen LogP contribution is 2.19. The largest absolute Gasteiger partial charge is 0.392 e. The van der Waals surface area contributed by atoms with Crippen LogP contribution >= 0.6 is 0 Å². The quantitative estimate of drug-likeness (QED) is 0.890. The van der Waals surface area contributed by atoms with Crippen molar-refractivity contribution < 1.29 is 9.90 Å². The molecule has 2 heterocycles. The van der Waals surface area contributed by atoms with Gasteiger partial charge in [-0.05, 0) is 17.7 Å². The minimum atomic E-state index is -0.00448. The van der Waals surface area contributed by atoms with Crippen LogP contribution in [0.4, 0.5) is 0 Å². The second kappa shape index (κ2) is 5.09. The fraction of sp³-hybridized carbons (Fsp3) is 0.333. The van der Waals surface area contributed by atoms with Crippen LogP contribution in [0.3, 0.4) is 0 Å². The lowest BCUT2D eigenvalue weighted by molar-refractivity contribution is 0.0731. The van der Waals surface area contributed by atoms with E-state index in [1.807, 2.05) is 16.5 Å². The van der Waals surface area contributed by atoms with Crippen LogP contribution in [0.25, 0.3) is 0 Å². The van der Waals surface area contributed by atoms with Crippen LogP contribution in [-0.4, -0.2) is 32.0 Å². The molecular formula is C15H17N3O2. The average molecular weight is 271 g/mol. The molecule has 1 aromatic carbocycles. The Hall–Kier alpha value is -2.14. The van der Waals surface area contributed by atoms with Crippen LogP contribution in [0.1, 0.15) is 27.3 Å². The van der Waals surface area contributed by atoms with Crippen LogP contribution in [0, 0.1) is 0 Å². The van der Waals surface area contributed by atoms with Gasteiger partial charge < -0.3 is 14.6 Å². The van der Waals surface area contributed by atoms with Crippen molar-refractivity contribution in [2.75, 3.05) is 6.54 Å². The van der Waals surface area contributed by atoms with Crippen molar-refractivity contribution in [1.29, 1.82) is 0 Å². The number of carbonyl (C=O) groups excluding carboxylic acids is 1. The van der Waals surface area contributed by atoms with Gasteiger partial charge in [-0.1, -0.05) is 12.1 Å². The first kappa shape index (κ1) is 12.9. The van der Waals surface area contributed by atoms with Gasteiger partial charge in [0, 0.05) is 31.3 Å². The zero-order chi connectivity index (χ0) is 14.1. The minimum Gasteiger partial charge on any atom is -0.392 e. The van der Waals surface area contributed by atoms with Gasteiger partial charge in [-0.25, -0.2) is 4.98 Å². The second-order valence-electron chi connectivity index (χ2n) is 5.08.